The summed E-state index contributed by atoms with van der Waals surface area (Å²) in [7, 11) is 1.65. The van der Waals surface area contributed by atoms with Crippen LogP contribution in [0.1, 0.15) is 5.56 Å². The van der Waals surface area contributed by atoms with Crippen LogP contribution in [0.4, 0.5) is 5.69 Å². The smallest absolute Gasteiger partial charge is 0.120 e. The highest BCUT2D eigenvalue weighted by Crippen LogP contribution is 2.31. The van der Waals surface area contributed by atoms with Gasteiger partial charge in [0.15, 0.2) is 0 Å². The van der Waals surface area contributed by atoms with Gasteiger partial charge in [0.1, 0.15) is 5.75 Å². The monoisotopic (exact) mass is 324 g/mol. The summed E-state index contributed by atoms with van der Waals surface area (Å²) in [5.41, 5.74) is 7.85. The maximum atomic E-state index is 5.94. The lowest BCUT2D eigenvalue weighted by Crippen LogP contribution is -1.91. The van der Waals surface area contributed by atoms with Gasteiger partial charge in [-0.2, -0.15) is 0 Å². The standard InChI is InChI=1S/C13H13BrN2OS/c1-17-11-2-3-12(15)13(5-11)18-8-9-4-10(14)7-16-6-9/h2-7H,8,15H2,1H3. The zero-order valence-corrected chi connectivity index (χ0v) is 12.3. The highest BCUT2D eigenvalue weighted by molar-refractivity contribution is 9.10. The van der Waals surface area contributed by atoms with Crippen molar-refractivity contribution in [1.82, 2.24) is 4.98 Å². The molecule has 2 N–H and O–H groups in total. The number of benzene rings is 1. The second kappa shape index (κ2) is 6.11. The lowest BCUT2D eigenvalue weighted by molar-refractivity contribution is 0.414. The third-order valence-corrected chi connectivity index (χ3v) is 3.95. The highest BCUT2D eigenvalue weighted by Gasteiger charge is 2.03. The number of thioether (sulfide) groups is 1. The molecule has 1 aromatic carbocycles. The number of hydrogen-bond donors (Lipinski definition) is 1. The van der Waals surface area contributed by atoms with Gasteiger partial charge in [0.25, 0.3) is 0 Å². The van der Waals surface area contributed by atoms with Crippen molar-refractivity contribution in [2.24, 2.45) is 0 Å². The van der Waals surface area contributed by atoms with Gasteiger partial charge >= 0.3 is 0 Å². The molecule has 2 rings (SSSR count). The molecule has 5 heteroatoms. The molecule has 0 aliphatic carbocycles. The van der Waals surface area contributed by atoms with E-state index in [1.54, 1.807) is 25.1 Å². The van der Waals surface area contributed by atoms with Crippen molar-refractivity contribution < 1.29 is 4.74 Å². The number of nitrogens with zero attached hydrogens (tertiary/aromatic N) is 1. The molecule has 0 unspecified atom stereocenters. The van der Waals surface area contributed by atoms with Crippen LogP contribution >= 0.6 is 27.7 Å². The molecule has 0 aliphatic rings. The maximum absolute atomic E-state index is 5.94. The molecule has 0 aliphatic heterocycles. The van der Waals surface area contributed by atoms with Crippen molar-refractivity contribution in [3.8, 4) is 5.75 Å². The summed E-state index contributed by atoms with van der Waals surface area (Å²) in [5, 5.41) is 0. The van der Waals surface area contributed by atoms with Crippen LogP contribution in [0.5, 0.6) is 5.75 Å². The van der Waals surface area contributed by atoms with Crippen LogP contribution in [0.2, 0.25) is 0 Å². The number of pyridine rings is 1. The second-order valence-corrected chi connectivity index (χ2v) is 5.64. The van der Waals surface area contributed by atoms with Gasteiger partial charge in [0, 0.05) is 33.2 Å². The Morgan fingerprint density at radius 3 is 2.89 bits per heavy atom. The van der Waals surface area contributed by atoms with Gasteiger partial charge in [0.05, 0.1) is 7.11 Å². The lowest BCUT2D eigenvalue weighted by atomic mass is 10.3. The van der Waals surface area contributed by atoms with E-state index in [2.05, 4.69) is 27.0 Å². The summed E-state index contributed by atoms with van der Waals surface area (Å²) < 4.78 is 6.18. The van der Waals surface area contributed by atoms with E-state index < -0.39 is 0 Å². The van der Waals surface area contributed by atoms with Crippen LogP contribution in [0.15, 0.2) is 46.0 Å². The van der Waals surface area contributed by atoms with Crippen LogP contribution < -0.4 is 10.5 Å². The Hall–Kier alpha value is -1.20. The van der Waals surface area contributed by atoms with E-state index >= 15 is 0 Å². The van der Waals surface area contributed by atoms with E-state index in [-0.39, 0.29) is 0 Å². The first kappa shape index (κ1) is 13.2. The molecule has 2 aromatic rings. The van der Waals surface area contributed by atoms with Crippen LogP contribution in [0, 0.1) is 0 Å². The van der Waals surface area contributed by atoms with Crippen LogP contribution in [0.3, 0.4) is 0 Å². The van der Waals surface area contributed by atoms with E-state index in [9.17, 15) is 0 Å². The maximum Gasteiger partial charge on any atom is 0.120 e. The Labute approximate surface area is 119 Å². The number of halogens is 1. The molecule has 3 nitrogen and oxygen atoms in total. The van der Waals surface area contributed by atoms with Gasteiger partial charge in [-0.3, -0.25) is 4.98 Å². The summed E-state index contributed by atoms with van der Waals surface area (Å²) in [4.78, 5) is 5.16. The Balaban J connectivity index is 2.10. The van der Waals surface area contributed by atoms with E-state index in [0.29, 0.717) is 0 Å². The molecular weight excluding hydrogens is 312 g/mol. The Kier molecular flexibility index (Phi) is 4.49. The fourth-order valence-corrected chi connectivity index (χ4v) is 2.79. The molecular formula is C13H13BrN2OS. The molecule has 1 aromatic heterocycles. The molecule has 94 valence electrons. The number of hydrogen-bond acceptors (Lipinski definition) is 4. The minimum absolute atomic E-state index is 0.767. The summed E-state index contributed by atoms with van der Waals surface area (Å²) in [6, 6.07) is 7.72. The molecule has 0 amide bonds. The topological polar surface area (TPSA) is 48.1 Å². The predicted molar refractivity (Wildman–Crippen MR) is 78.9 cm³/mol. The van der Waals surface area contributed by atoms with Gasteiger partial charge in [-0.1, -0.05) is 0 Å². The fraction of sp³-hybridized carbons (Fsp3) is 0.154. The van der Waals surface area contributed by atoms with Crippen molar-refractivity contribution in [3.05, 3.63) is 46.7 Å². The number of aromatic nitrogens is 1. The Bertz CT molecular complexity index is 548. The summed E-state index contributed by atoms with van der Waals surface area (Å²) in [6.07, 6.45) is 3.63. The van der Waals surface area contributed by atoms with Gasteiger partial charge in [-0.15, -0.1) is 11.8 Å². The fourth-order valence-electron chi connectivity index (χ4n) is 1.46. The third-order valence-electron chi connectivity index (χ3n) is 2.38. The van der Waals surface area contributed by atoms with Gasteiger partial charge in [-0.05, 0) is 45.8 Å². The average molecular weight is 325 g/mol. The molecule has 0 spiro atoms. The molecule has 0 fully saturated rings. The van der Waals surface area contributed by atoms with Gasteiger partial charge < -0.3 is 10.5 Å². The Morgan fingerprint density at radius 1 is 1.33 bits per heavy atom. The largest absolute Gasteiger partial charge is 0.497 e. The quantitative estimate of drug-likeness (QED) is 0.687. The van der Waals surface area contributed by atoms with Gasteiger partial charge in [-0.25, -0.2) is 0 Å². The predicted octanol–water partition coefficient (Wildman–Crippen LogP) is 3.73. The van der Waals surface area contributed by atoms with Gasteiger partial charge in [0.2, 0.25) is 0 Å². The number of methoxy groups -OCH3 is 1. The normalized spacial score (nSPS) is 10.3. The van der Waals surface area contributed by atoms with E-state index in [4.69, 9.17) is 10.5 Å². The van der Waals surface area contributed by atoms with Crippen molar-refractivity contribution >= 4 is 33.4 Å². The summed E-state index contributed by atoms with van der Waals surface area (Å²) in [6.45, 7) is 0. The second-order valence-electron chi connectivity index (χ2n) is 3.70. The zero-order chi connectivity index (χ0) is 13.0. The minimum atomic E-state index is 0.767. The highest BCUT2D eigenvalue weighted by atomic mass is 79.9. The van der Waals surface area contributed by atoms with E-state index in [1.807, 2.05) is 24.4 Å². The Morgan fingerprint density at radius 2 is 2.17 bits per heavy atom. The summed E-state index contributed by atoms with van der Waals surface area (Å²) >= 11 is 5.08. The first-order chi connectivity index (χ1) is 8.69. The number of nitrogens with two attached hydrogens (primary N) is 1. The van der Waals surface area contributed by atoms with Crippen molar-refractivity contribution in [2.45, 2.75) is 10.6 Å². The number of rotatable bonds is 4. The first-order valence-electron chi connectivity index (χ1n) is 5.35. The minimum Gasteiger partial charge on any atom is -0.497 e. The molecule has 0 bridgehead atoms. The SMILES string of the molecule is COc1ccc(N)c(SCc2cncc(Br)c2)c1. The molecule has 0 saturated heterocycles. The molecule has 0 atom stereocenters. The molecule has 0 radical (unpaired) electrons. The molecule has 0 saturated carbocycles. The third kappa shape index (κ3) is 3.40. The summed E-state index contributed by atoms with van der Waals surface area (Å²) in [5.74, 6) is 1.64. The zero-order valence-electron chi connectivity index (χ0n) is 9.89. The van der Waals surface area contributed by atoms with E-state index in [0.717, 1.165) is 32.1 Å². The number of ether oxygens (including phenoxy) is 1. The van der Waals surface area contributed by atoms with Crippen molar-refractivity contribution in [2.75, 3.05) is 12.8 Å². The van der Waals surface area contributed by atoms with Crippen molar-refractivity contribution in [3.63, 3.8) is 0 Å². The molecule has 18 heavy (non-hydrogen) atoms. The lowest BCUT2D eigenvalue weighted by Gasteiger charge is -2.08. The number of anilines is 1. The van der Waals surface area contributed by atoms with Crippen LogP contribution in [-0.2, 0) is 5.75 Å². The van der Waals surface area contributed by atoms with Crippen LogP contribution in [0.25, 0.3) is 0 Å². The first-order valence-corrected chi connectivity index (χ1v) is 7.12. The molecule has 1 heterocycles. The average Bonchev–Trinajstić information content (AvgIpc) is 2.38. The van der Waals surface area contributed by atoms with Crippen molar-refractivity contribution in [1.29, 1.82) is 0 Å². The van der Waals surface area contributed by atoms with E-state index in [1.165, 1.54) is 0 Å². The van der Waals surface area contributed by atoms with Crippen LogP contribution in [-0.4, -0.2) is 12.1 Å². The number of nitrogen functional groups attached to an aromatic ring is 1.